The first-order valence-electron chi connectivity index (χ1n) is 6.36. The van der Waals surface area contributed by atoms with Crippen LogP contribution >= 0.6 is 0 Å². The minimum atomic E-state index is -3.74. The molecule has 1 aromatic carbocycles. The maximum atomic E-state index is 12.1. The van der Waals surface area contributed by atoms with E-state index in [9.17, 15) is 18.5 Å². The SMILES string of the molecule is CCNc1ccc(S(=O)(=O)NC(C)CC)cc1[N+](=O)[O-]. The van der Waals surface area contributed by atoms with E-state index < -0.39 is 14.9 Å². The Labute approximate surface area is 118 Å². The van der Waals surface area contributed by atoms with Gasteiger partial charge < -0.3 is 5.32 Å². The molecule has 0 aromatic heterocycles. The molecule has 1 rings (SSSR count). The Bertz CT molecular complexity index is 586. The van der Waals surface area contributed by atoms with Gasteiger partial charge in [-0.1, -0.05) is 6.92 Å². The van der Waals surface area contributed by atoms with Gasteiger partial charge >= 0.3 is 0 Å². The topological polar surface area (TPSA) is 101 Å². The van der Waals surface area contributed by atoms with E-state index in [1.54, 1.807) is 13.8 Å². The highest BCUT2D eigenvalue weighted by Gasteiger charge is 2.22. The van der Waals surface area contributed by atoms with Crippen molar-refractivity contribution in [3.63, 3.8) is 0 Å². The van der Waals surface area contributed by atoms with Crippen LogP contribution in [0.3, 0.4) is 0 Å². The van der Waals surface area contributed by atoms with Gasteiger partial charge in [0.15, 0.2) is 0 Å². The van der Waals surface area contributed by atoms with Crippen LogP contribution in [0, 0.1) is 10.1 Å². The Hall–Kier alpha value is -1.67. The highest BCUT2D eigenvalue weighted by molar-refractivity contribution is 7.89. The molecule has 1 atom stereocenters. The molecule has 2 N–H and O–H groups in total. The fourth-order valence-corrected chi connectivity index (χ4v) is 2.93. The van der Waals surface area contributed by atoms with Crippen molar-refractivity contribution >= 4 is 21.4 Å². The second-order valence-electron chi connectivity index (χ2n) is 4.40. The van der Waals surface area contributed by atoms with E-state index in [0.717, 1.165) is 6.07 Å². The van der Waals surface area contributed by atoms with Gasteiger partial charge in [-0.25, -0.2) is 13.1 Å². The summed E-state index contributed by atoms with van der Waals surface area (Å²) < 4.78 is 26.7. The van der Waals surface area contributed by atoms with Crippen LogP contribution in [0.1, 0.15) is 27.2 Å². The van der Waals surface area contributed by atoms with E-state index in [1.165, 1.54) is 12.1 Å². The molecule has 0 heterocycles. The normalized spacial score (nSPS) is 12.9. The van der Waals surface area contributed by atoms with Crippen LogP contribution in [0.2, 0.25) is 0 Å². The highest BCUT2D eigenvalue weighted by Crippen LogP contribution is 2.27. The molecule has 0 spiro atoms. The van der Waals surface area contributed by atoms with Gasteiger partial charge in [0, 0.05) is 18.7 Å². The quantitative estimate of drug-likeness (QED) is 0.593. The lowest BCUT2D eigenvalue weighted by Crippen LogP contribution is -2.32. The molecule has 0 amide bonds. The van der Waals surface area contributed by atoms with E-state index in [-0.39, 0.29) is 16.6 Å². The van der Waals surface area contributed by atoms with Crippen LogP contribution in [0.5, 0.6) is 0 Å². The summed E-state index contributed by atoms with van der Waals surface area (Å²) in [6.07, 6.45) is 0.636. The number of benzene rings is 1. The molecule has 0 radical (unpaired) electrons. The maximum absolute atomic E-state index is 12.1. The van der Waals surface area contributed by atoms with Crippen molar-refractivity contribution in [2.24, 2.45) is 0 Å². The van der Waals surface area contributed by atoms with E-state index >= 15 is 0 Å². The van der Waals surface area contributed by atoms with Crippen LogP contribution < -0.4 is 10.0 Å². The predicted molar refractivity (Wildman–Crippen MR) is 77.3 cm³/mol. The fraction of sp³-hybridized carbons (Fsp3) is 0.500. The fourth-order valence-electron chi connectivity index (χ4n) is 1.59. The van der Waals surface area contributed by atoms with Crippen molar-refractivity contribution in [2.45, 2.75) is 38.1 Å². The molecule has 7 nitrogen and oxygen atoms in total. The summed E-state index contributed by atoms with van der Waals surface area (Å²) in [5.41, 5.74) is 0.0545. The van der Waals surface area contributed by atoms with Crippen molar-refractivity contribution in [3.05, 3.63) is 28.3 Å². The third-order valence-corrected chi connectivity index (χ3v) is 4.40. The molecule has 20 heavy (non-hydrogen) atoms. The van der Waals surface area contributed by atoms with E-state index in [0.29, 0.717) is 18.7 Å². The second-order valence-corrected chi connectivity index (χ2v) is 6.11. The van der Waals surface area contributed by atoms with Crippen LogP contribution in [0.4, 0.5) is 11.4 Å². The lowest BCUT2D eigenvalue weighted by Gasteiger charge is -2.12. The van der Waals surface area contributed by atoms with Crippen LogP contribution in [-0.4, -0.2) is 25.9 Å². The molecule has 0 saturated carbocycles. The summed E-state index contributed by atoms with van der Waals surface area (Å²) in [6, 6.07) is 3.61. The molecule has 1 aromatic rings. The molecule has 8 heteroatoms. The van der Waals surface area contributed by atoms with Gasteiger partial charge in [-0.15, -0.1) is 0 Å². The maximum Gasteiger partial charge on any atom is 0.293 e. The third kappa shape index (κ3) is 3.91. The number of nitro groups is 1. The summed E-state index contributed by atoms with van der Waals surface area (Å²) in [6.45, 7) is 5.90. The summed E-state index contributed by atoms with van der Waals surface area (Å²) in [4.78, 5) is 10.3. The molecule has 1 unspecified atom stereocenters. The Morgan fingerprint density at radius 3 is 2.50 bits per heavy atom. The van der Waals surface area contributed by atoms with Crippen LogP contribution in [0.15, 0.2) is 23.1 Å². The van der Waals surface area contributed by atoms with E-state index in [2.05, 4.69) is 10.0 Å². The van der Waals surface area contributed by atoms with Crippen LogP contribution in [0.25, 0.3) is 0 Å². The number of hydrogen-bond acceptors (Lipinski definition) is 5. The van der Waals surface area contributed by atoms with Gasteiger partial charge in [0.2, 0.25) is 10.0 Å². The molecular weight excluding hydrogens is 282 g/mol. The Kier molecular flexibility index (Phi) is 5.46. The molecule has 0 aliphatic heterocycles. The summed E-state index contributed by atoms with van der Waals surface area (Å²) in [7, 11) is -3.74. The smallest absolute Gasteiger partial charge is 0.293 e. The van der Waals surface area contributed by atoms with Crippen molar-refractivity contribution in [3.8, 4) is 0 Å². The largest absolute Gasteiger partial charge is 0.380 e. The monoisotopic (exact) mass is 301 g/mol. The van der Waals surface area contributed by atoms with Crippen molar-refractivity contribution in [2.75, 3.05) is 11.9 Å². The molecular formula is C12H19N3O4S. The first-order valence-corrected chi connectivity index (χ1v) is 7.84. The molecule has 0 fully saturated rings. The Morgan fingerprint density at radius 1 is 1.35 bits per heavy atom. The molecule has 0 bridgehead atoms. The number of sulfonamides is 1. The predicted octanol–water partition coefficient (Wildman–Crippen LogP) is 2.10. The zero-order valence-corrected chi connectivity index (χ0v) is 12.5. The summed E-state index contributed by atoms with van der Waals surface area (Å²) in [5, 5.41) is 13.8. The van der Waals surface area contributed by atoms with Gasteiger partial charge in [-0.2, -0.15) is 0 Å². The number of nitro benzene ring substituents is 1. The molecule has 0 aliphatic carbocycles. The Morgan fingerprint density at radius 2 is 2.00 bits per heavy atom. The van der Waals surface area contributed by atoms with Crippen LogP contribution in [-0.2, 0) is 10.0 Å². The van der Waals surface area contributed by atoms with Gasteiger partial charge in [0.25, 0.3) is 5.69 Å². The zero-order chi connectivity index (χ0) is 15.3. The van der Waals surface area contributed by atoms with Crippen molar-refractivity contribution in [1.82, 2.24) is 4.72 Å². The standard InChI is InChI=1S/C12H19N3O4S/c1-4-9(3)14-20(18,19)10-6-7-11(13-5-2)12(8-10)15(16)17/h6-9,13-14H,4-5H2,1-3H3. The average molecular weight is 301 g/mol. The lowest BCUT2D eigenvalue weighted by atomic mass is 10.2. The first kappa shape index (κ1) is 16.4. The van der Waals surface area contributed by atoms with Gasteiger partial charge in [-0.05, 0) is 32.4 Å². The van der Waals surface area contributed by atoms with Gasteiger partial charge in [0.05, 0.1) is 9.82 Å². The zero-order valence-electron chi connectivity index (χ0n) is 11.7. The summed E-state index contributed by atoms with van der Waals surface area (Å²) in [5.74, 6) is 0. The molecule has 0 aliphatic rings. The van der Waals surface area contributed by atoms with Crippen molar-refractivity contribution in [1.29, 1.82) is 0 Å². The molecule has 0 saturated heterocycles. The number of rotatable bonds is 7. The number of anilines is 1. The van der Waals surface area contributed by atoms with Gasteiger partial charge in [-0.3, -0.25) is 10.1 Å². The minimum absolute atomic E-state index is 0.105. The minimum Gasteiger partial charge on any atom is -0.380 e. The average Bonchev–Trinajstić information content (AvgIpc) is 2.38. The second kappa shape index (κ2) is 6.67. The van der Waals surface area contributed by atoms with Gasteiger partial charge in [0.1, 0.15) is 5.69 Å². The summed E-state index contributed by atoms with van der Waals surface area (Å²) >= 11 is 0. The molecule has 112 valence electrons. The number of hydrogen-bond donors (Lipinski definition) is 2. The first-order chi connectivity index (χ1) is 9.31. The number of nitrogens with one attached hydrogen (secondary N) is 2. The Balaban J connectivity index is 3.20. The lowest BCUT2D eigenvalue weighted by molar-refractivity contribution is -0.384. The number of nitrogens with zero attached hydrogens (tertiary/aromatic N) is 1. The third-order valence-electron chi connectivity index (χ3n) is 2.81. The highest BCUT2D eigenvalue weighted by atomic mass is 32.2. The van der Waals surface area contributed by atoms with E-state index in [1.807, 2.05) is 6.92 Å². The van der Waals surface area contributed by atoms with E-state index in [4.69, 9.17) is 0 Å². The van der Waals surface area contributed by atoms with Crippen molar-refractivity contribution < 1.29 is 13.3 Å².